The van der Waals surface area contributed by atoms with Gasteiger partial charge in [0.15, 0.2) is 6.61 Å². The molecule has 2 aromatic rings. The van der Waals surface area contributed by atoms with E-state index in [4.69, 9.17) is 14.6 Å². The van der Waals surface area contributed by atoms with Crippen LogP contribution in [-0.4, -0.2) is 23.7 Å². The van der Waals surface area contributed by atoms with Crippen molar-refractivity contribution in [3.05, 3.63) is 58.1 Å². The van der Waals surface area contributed by atoms with Crippen molar-refractivity contribution in [2.24, 2.45) is 0 Å². The number of esters is 1. The second-order valence-corrected chi connectivity index (χ2v) is 5.44. The molecule has 5 nitrogen and oxygen atoms in total. The summed E-state index contributed by atoms with van der Waals surface area (Å²) in [6.45, 7) is 1.64. The minimum atomic E-state index is -1.18. The van der Waals surface area contributed by atoms with E-state index in [1.165, 1.54) is 12.1 Å². The molecular weight excluding hydrogens is 352 g/mol. The summed E-state index contributed by atoms with van der Waals surface area (Å²) in [7, 11) is 0. The maximum atomic E-state index is 11.8. The lowest BCUT2D eigenvalue weighted by molar-refractivity contribution is -0.136. The van der Waals surface area contributed by atoms with Gasteiger partial charge >= 0.3 is 11.9 Å². The molecule has 0 unspecified atom stereocenters. The zero-order valence-electron chi connectivity index (χ0n) is 11.7. The van der Waals surface area contributed by atoms with E-state index in [9.17, 15) is 9.59 Å². The van der Waals surface area contributed by atoms with E-state index >= 15 is 0 Å². The fourth-order valence-corrected chi connectivity index (χ4v) is 2.05. The number of benzene rings is 2. The lowest BCUT2D eigenvalue weighted by Crippen LogP contribution is -2.19. The molecule has 114 valence electrons. The van der Waals surface area contributed by atoms with Gasteiger partial charge in [-0.05, 0) is 37.3 Å². The minimum Gasteiger partial charge on any atom is -0.482 e. The zero-order valence-corrected chi connectivity index (χ0v) is 13.3. The van der Waals surface area contributed by atoms with Crippen molar-refractivity contribution >= 4 is 27.9 Å². The largest absolute Gasteiger partial charge is 0.482 e. The standard InChI is InChI=1S/C16H13BrO5/c1-10-2-5-12(6-3-10)21-9-15(18)22-14-7-4-11(17)8-13(14)16(19)20/h2-8H,9H2,1H3,(H,19,20). The summed E-state index contributed by atoms with van der Waals surface area (Å²) in [4.78, 5) is 22.9. The van der Waals surface area contributed by atoms with Crippen molar-refractivity contribution in [3.63, 3.8) is 0 Å². The monoisotopic (exact) mass is 364 g/mol. The van der Waals surface area contributed by atoms with Crippen LogP contribution in [0.25, 0.3) is 0 Å². The minimum absolute atomic E-state index is 0.0202. The Bertz CT molecular complexity index is 694. The van der Waals surface area contributed by atoms with Crippen LogP contribution in [0.1, 0.15) is 15.9 Å². The van der Waals surface area contributed by atoms with Crippen LogP contribution in [0.4, 0.5) is 0 Å². The van der Waals surface area contributed by atoms with E-state index < -0.39 is 11.9 Å². The number of rotatable bonds is 5. The first-order chi connectivity index (χ1) is 10.5. The predicted molar refractivity (Wildman–Crippen MR) is 83.4 cm³/mol. The molecule has 0 amide bonds. The summed E-state index contributed by atoms with van der Waals surface area (Å²) >= 11 is 3.17. The Morgan fingerprint density at radius 2 is 1.82 bits per heavy atom. The fraction of sp³-hybridized carbons (Fsp3) is 0.125. The number of aromatic carboxylic acids is 1. The number of halogens is 1. The van der Waals surface area contributed by atoms with Gasteiger partial charge in [-0.15, -0.1) is 0 Å². The Balaban J connectivity index is 2.00. The number of ether oxygens (including phenoxy) is 2. The molecule has 0 saturated carbocycles. The lowest BCUT2D eigenvalue weighted by Gasteiger charge is -2.09. The van der Waals surface area contributed by atoms with E-state index in [1.807, 2.05) is 19.1 Å². The molecule has 0 fully saturated rings. The molecule has 1 N–H and O–H groups in total. The number of aryl methyl sites for hydroxylation is 1. The van der Waals surface area contributed by atoms with Crippen molar-refractivity contribution in [2.75, 3.05) is 6.61 Å². The van der Waals surface area contributed by atoms with Gasteiger partial charge in [-0.1, -0.05) is 33.6 Å². The molecule has 0 heterocycles. The maximum absolute atomic E-state index is 11.8. The third-order valence-electron chi connectivity index (χ3n) is 2.77. The Labute approximate surface area is 135 Å². The predicted octanol–water partition coefficient (Wildman–Crippen LogP) is 3.44. The van der Waals surface area contributed by atoms with Gasteiger partial charge in [0.05, 0.1) is 0 Å². The van der Waals surface area contributed by atoms with Crippen LogP contribution in [0.15, 0.2) is 46.9 Å². The van der Waals surface area contributed by atoms with Crippen LogP contribution in [0.2, 0.25) is 0 Å². The van der Waals surface area contributed by atoms with Crippen LogP contribution in [0.5, 0.6) is 11.5 Å². The van der Waals surface area contributed by atoms with Gasteiger partial charge in [0, 0.05) is 4.47 Å². The van der Waals surface area contributed by atoms with Crippen molar-refractivity contribution in [2.45, 2.75) is 6.92 Å². The molecule has 6 heteroatoms. The van der Waals surface area contributed by atoms with E-state index in [0.717, 1.165) is 5.56 Å². The molecule has 0 aliphatic carbocycles. The van der Waals surface area contributed by atoms with Gasteiger partial charge in [0.25, 0.3) is 0 Å². The number of carboxylic acids is 1. The van der Waals surface area contributed by atoms with Crippen LogP contribution >= 0.6 is 15.9 Å². The number of carbonyl (C=O) groups is 2. The van der Waals surface area contributed by atoms with Crippen LogP contribution in [0.3, 0.4) is 0 Å². The summed E-state index contributed by atoms with van der Waals surface area (Å²) in [6, 6.07) is 11.6. The lowest BCUT2D eigenvalue weighted by atomic mass is 10.2. The third-order valence-corrected chi connectivity index (χ3v) is 3.27. The quantitative estimate of drug-likeness (QED) is 0.649. The molecule has 0 bridgehead atoms. The molecule has 0 aliphatic heterocycles. The van der Waals surface area contributed by atoms with Crippen LogP contribution < -0.4 is 9.47 Å². The van der Waals surface area contributed by atoms with Crippen molar-refractivity contribution in [1.82, 2.24) is 0 Å². The molecule has 0 atom stereocenters. The fourth-order valence-electron chi connectivity index (χ4n) is 1.69. The highest BCUT2D eigenvalue weighted by atomic mass is 79.9. The van der Waals surface area contributed by atoms with E-state index in [-0.39, 0.29) is 17.9 Å². The molecule has 0 spiro atoms. The van der Waals surface area contributed by atoms with Crippen molar-refractivity contribution < 1.29 is 24.2 Å². The summed E-state index contributed by atoms with van der Waals surface area (Å²) in [5.41, 5.74) is 0.981. The third kappa shape index (κ3) is 4.33. The Morgan fingerprint density at radius 1 is 1.14 bits per heavy atom. The second-order valence-electron chi connectivity index (χ2n) is 4.52. The highest BCUT2D eigenvalue weighted by Crippen LogP contribution is 2.23. The van der Waals surface area contributed by atoms with E-state index in [0.29, 0.717) is 10.2 Å². The molecule has 22 heavy (non-hydrogen) atoms. The number of hydrogen-bond acceptors (Lipinski definition) is 4. The average molecular weight is 365 g/mol. The van der Waals surface area contributed by atoms with Crippen molar-refractivity contribution in [3.8, 4) is 11.5 Å². The summed E-state index contributed by atoms with van der Waals surface area (Å²) in [6.07, 6.45) is 0. The van der Waals surface area contributed by atoms with Gasteiger partial charge < -0.3 is 14.6 Å². The molecule has 2 rings (SSSR count). The van der Waals surface area contributed by atoms with Gasteiger partial charge in [0.2, 0.25) is 0 Å². The summed E-state index contributed by atoms with van der Waals surface area (Å²) < 4.78 is 10.9. The van der Waals surface area contributed by atoms with E-state index in [2.05, 4.69) is 15.9 Å². The molecule has 0 aliphatic rings. The highest BCUT2D eigenvalue weighted by Gasteiger charge is 2.15. The van der Waals surface area contributed by atoms with Gasteiger partial charge in [0.1, 0.15) is 17.1 Å². The SMILES string of the molecule is Cc1ccc(OCC(=O)Oc2ccc(Br)cc2C(=O)O)cc1. The number of carboxylic acid groups (broad SMARTS) is 1. The Kier molecular flexibility index (Phi) is 5.16. The number of hydrogen-bond donors (Lipinski definition) is 1. The van der Waals surface area contributed by atoms with Gasteiger partial charge in [-0.2, -0.15) is 0 Å². The summed E-state index contributed by atoms with van der Waals surface area (Å²) in [5, 5.41) is 9.09. The Morgan fingerprint density at radius 3 is 2.45 bits per heavy atom. The van der Waals surface area contributed by atoms with Crippen LogP contribution in [0, 0.1) is 6.92 Å². The number of carbonyl (C=O) groups excluding carboxylic acids is 1. The molecule has 0 saturated heterocycles. The first-order valence-electron chi connectivity index (χ1n) is 6.38. The molecular formula is C16H13BrO5. The first-order valence-corrected chi connectivity index (χ1v) is 7.18. The molecule has 0 aromatic heterocycles. The molecule has 2 aromatic carbocycles. The van der Waals surface area contributed by atoms with Crippen molar-refractivity contribution in [1.29, 1.82) is 0 Å². The topological polar surface area (TPSA) is 72.8 Å². The smallest absolute Gasteiger partial charge is 0.349 e. The van der Waals surface area contributed by atoms with Gasteiger partial charge in [-0.3, -0.25) is 0 Å². The highest BCUT2D eigenvalue weighted by molar-refractivity contribution is 9.10. The maximum Gasteiger partial charge on any atom is 0.349 e. The van der Waals surface area contributed by atoms with E-state index in [1.54, 1.807) is 18.2 Å². The molecule has 0 radical (unpaired) electrons. The summed E-state index contributed by atoms with van der Waals surface area (Å²) in [5.74, 6) is -1.33. The van der Waals surface area contributed by atoms with Crippen LogP contribution in [-0.2, 0) is 4.79 Å². The van der Waals surface area contributed by atoms with Gasteiger partial charge in [-0.25, -0.2) is 9.59 Å². The first kappa shape index (κ1) is 16.0. The Hall–Kier alpha value is -2.34. The zero-order chi connectivity index (χ0) is 16.1. The normalized spacial score (nSPS) is 10.1. The second kappa shape index (κ2) is 7.09. The average Bonchev–Trinajstić information content (AvgIpc) is 2.48.